The quantitative estimate of drug-likeness (QED) is 0.885. The van der Waals surface area contributed by atoms with Crippen molar-refractivity contribution < 1.29 is 4.74 Å². The largest absolute Gasteiger partial charge is 0.496 e. The highest BCUT2D eigenvalue weighted by Gasteiger charge is 2.13. The van der Waals surface area contributed by atoms with Crippen molar-refractivity contribution in [2.75, 3.05) is 7.11 Å². The van der Waals surface area contributed by atoms with E-state index in [1.807, 2.05) is 11.4 Å². The van der Waals surface area contributed by atoms with Gasteiger partial charge in [-0.1, -0.05) is 6.07 Å². The van der Waals surface area contributed by atoms with E-state index in [0.717, 1.165) is 23.5 Å². The van der Waals surface area contributed by atoms with Crippen molar-refractivity contribution in [1.82, 2.24) is 0 Å². The van der Waals surface area contributed by atoms with Gasteiger partial charge in [0.2, 0.25) is 0 Å². The molecule has 1 unspecified atom stereocenters. The zero-order valence-electron chi connectivity index (χ0n) is 9.18. The molecule has 0 radical (unpaired) electrons. The molecule has 4 heteroatoms. The van der Waals surface area contributed by atoms with E-state index in [9.17, 15) is 0 Å². The van der Waals surface area contributed by atoms with Gasteiger partial charge in [0.25, 0.3) is 0 Å². The minimum atomic E-state index is 0.0806. The molecule has 86 valence electrons. The summed E-state index contributed by atoms with van der Waals surface area (Å²) in [5.74, 6) is 0.920. The van der Waals surface area contributed by atoms with Crippen molar-refractivity contribution in [3.8, 4) is 5.75 Å². The van der Waals surface area contributed by atoms with Gasteiger partial charge in [-0.05, 0) is 35.7 Å². The maximum Gasteiger partial charge on any atom is 0.134 e. The summed E-state index contributed by atoms with van der Waals surface area (Å²) < 4.78 is 5.28. The Labute approximate surface area is 104 Å². The van der Waals surface area contributed by atoms with E-state index in [0.29, 0.717) is 0 Å². The Balaban J connectivity index is 1.95. The molecule has 0 aromatic carbocycles. The Morgan fingerprint density at radius 1 is 1.31 bits per heavy atom. The van der Waals surface area contributed by atoms with Crippen LogP contribution in [-0.2, 0) is 6.42 Å². The predicted molar refractivity (Wildman–Crippen MR) is 70.4 cm³/mol. The van der Waals surface area contributed by atoms with E-state index in [-0.39, 0.29) is 6.04 Å². The fourth-order valence-corrected chi connectivity index (χ4v) is 3.25. The van der Waals surface area contributed by atoms with Crippen LogP contribution in [0.5, 0.6) is 5.75 Å². The topological polar surface area (TPSA) is 35.2 Å². The second kappa shape index (κ2) is 5.48. The number of rotatable bonds is 5. The minimum Gasteiger partial charge on any atom is -0.496 e. The second-order valence-electron chi connectivity index (χ2n) is 3.58. The third-order valence-electron chi connectivity index (χ3n) is 2.50. The van der Waals surface area contributed by atoms with Crippen LogP contribution in [0.3, 0.4) is 0 Å². The lowest BCUT2D eigenvalue weighted by atomic mass is 10.1. The summed E-state index contributed by atoms with van der Waals surface area (Å²) in [7, 11) is 1.69. The smallest absolute Gasteiger partial charge is 0.134 e. The zero-order chi connectivity index (χ0) is 11.4. The molecule has 2 nitrogen and oxygen atoms in total. The molecule has 0 aliphatic carbocycles. The Morgan fingerprint density at radius 2 is 2.19 bits per heavy atom. The van der Waals surface area contributed by atoms with Gasteiger partial charge in [0.05, 0.1) is 12.0 Å². The maximum atomic E-state index is 6.17. The molecule has 1 atom stereocenters. The summed E-state index contributed by atoms with van der Waals surface area (Å²) in [4.78, 5) is 2.55. The maximum absolute atomic E-state index is 6.17. The molecule has 0 saturated heterocycles. The number of nitrogens with two attached hydrogens (primary N) is 1. The number of ether oxygens (including phenoxy) is 1. The van der Waals surface area contributed by atoms with Gasteiger partial charge in [-0.25, -0.2) is 0 Å². The summed E-state index contributed by atoms with van der Waals surface area (Å²) >= 11 is 3.46. The summed E-state index contributed by atoms with van der Waals surface area (Å²) in [5.41, 5.74) is 6.17. The van der Waals surface area contributed by atoms with Crippen LogP contribution in [0.2, 0.25) is 0 Å². The second-order valence-corrected chi connectivity index (χ2v) is 5.56. The highest BCUT2D eigenvalue weighted by atomic mass is 32.1. The van der Waals surface area contributed by atoms with Gasteiger partial charge in [-0.2, -0.15) is 0 Å². The number of hydrogen-bond donors (Lipinski definition) is 1. The van der Waals surface area contributed by atoms with E-state index in [2.05, 4.69) is 17.5 Å². The van der Waals surface area contributed by atoms with Crippen LogP contribution in [0.4, 0.5) is 0 Å². The molecular formula is C12H15NOS2. The Bertz CT molecular complexity index is 422. The fourth-order valence-electron chi connectivity index (χ4n) is 1.63. The fraction of sp³-hybridized carbons (Fsp3) is 0.333. The average molecular weight is 253 g/mol. The molecule has 0 aliphatic heterocycles. The molecule has 0 aliphatic rings. The van der Waals surface area contributed by atoms with Crippen molar-refractivity contribution in [2.45, 2.75) is 18.9 Å². The van der Waals surface area contributed by atoms with E-state index in [4.69, 9.17) is 10.5 Å². The van der Waals surface area contributed by atoms with Gasteiger partial charge in [0, 0.05) is 10.9 Å². The lowest BCUT2D eigenvalue weighted by Gasteiger charge is -2.10. The van der Waals surface area contributed by atoms with Crippen LogP contribution in [0.1, 0.15) is 22.2 Å². The molecule has 0 spiro atoms. The van der Waals surface area contributed by atoms with Gasteiger partial charge < -0.3 is 10.5 Å². The lowest BCUT2D eigenvalue weighted by molar-refractivity contribution is 0.408. The Morgan fingerprint density at radius 3 is 2.88 bits per heavy atom. The average Bonchev–Trinajstić information content (AvgIpc) is 2.96. The van der Waals surface area contributed by atoms with Crippen molar-refractivity contribution in [1.29, 1.82) is 0 Å². The first-order valence-electron chi connectivity index (χ1n) is 5.20. The number of aryl methyl sites for hydroxylation is 1. The third-order valence-corrected chi connectivity index (χ3v) is 4.46. The Hall–Kier alpha value is -0.840. The zero-order valence-corrected chi connectivity index (χ0v) is 10.8. The molecule has 2 rings (SSSR count). The molecule has 2 aromatic rings. The third kappa shape index (κ3) is 2.64. The van der Waals surface area contributed by atoms with Gasteiger partial charge >= 0.3 is 0 Å². The molecule has 0 fully saturated rings. The lowest BCUT2D eigenvalue weighted by Crippen LogP contribution is -2.10. The summed E-state index contributed by atoms with van der Waals surface area (Å²) in [6.07, 6.45) is 2.01. The summed E-state index contributed by atoms with van der Waals surface area (Å²) in [5, 5.41) is 4.13. The summed E-state index contributed by atoms with van der Waals surface area (Å²) in [6, 6.07) is 6.29. The molecule has 0 amide bonds. The predicted octanol–water partition coefficient (Wildman–Crippen LogP) is 3.45. The van der Waals surface area contributed by atoms with Crippen LogP contribution >= 0.6 is 22.7 Å². The van der Waals surface area contributed by atoms with Crippen molar-refractivity contribution in [3.05, 3.63) is 38.7 Å². The molecule has 2 heterocycles. The minimum absolute atomic E-state index is 0.0806. The van der Waals surface area contributed by atoms with Gasteiger partial charge in [0.1, 0.15) is 5.75 Å². The highest BCUT2D eigenvalue weighted by Crippen LogP contribution is 2.32. The molecule has 16 heavy (non-hydrogen) atoms. The summed E-state index contributed by atoms with van der Waals surface area (Å²) in [6.45, 7) is 0. The van der Waals surface area contributed by atoms with Crippen molar-refractivity contribution in [2.24, 2.45) is 5.73 Å². The van der Waals surface area contributed by atoms with Gasteiger partial charge in [-0.15, -0.1) is 22.7 Å². The van der Waals surface area contributed by atoms with E-state index >= 15 is 0 Å². The molecular weight excluding hydrogens is 238 g/mol. The van der Waals surface area contributed by atoms with Gasteiger partial charge in [0.15, 0.2) is 0 Å². The first-order chi connectivity index (χ1) is 7.81. The van der Waals surface area contributed by atoms with E-state index in [1.165, 1.54) is 4.88 Å². The van der Waals surface area contributed by atoms with Crippen molar-refractivity contribution in [3.63, 3.8) is 0 Å². The number of methoxy groups -OCH3 is 1. The van der Waals surface area contributed by atoms with Crippen molar-refractivity contribution >= 4 is 22.7 Å². The normalized spacial score (nSPS) is 12.6. The molecule has 0 bridgehead atoms. The molecule has 2 N–H and O–H groups in total. The standard InChI is InChI=1S/C12H15NOS2/c1-14-11-6-8-16-12(11)10(13)5-4-9-3-2-7-15-9/h2-3,6-8,10H,4-5,13H2,1H3. The number of hydrogen-bond acceptors (Lipinski definition) is 4. The number of thiophene rings is 2. The van der Waals surface area contributed by atoms with Gasteiger partial charge in [-0.3, -0.25) is 0 Å². The van der Waals surface area contributed by atoms with Crippen LogP contribution in [0.25, 0.3) is 0 Å². The van der Waals surface area contributed by atoms with Crippen LogP contribution in [0.15, 0.2) is 29.0 Å². The molecule has 2 aromatic heterocycles. The van der Waals surface area contributed by atoms with E-state index in [1.54, 1.807) is 29.8 Å². The van der Waals surface area contributed by atoms with Crippen LogP contribution < -0.4 is 10.5 Å². The first-order valence-corrected chi connectivity index (χ1v) is 6.96. The SMILES string of the molecule is COc1ccsc1C(N)CCc1cccs1. The van der Waals surface area contributed by atoms with Crippen LogP contribution in [-0.4, -0.2) is 7.11 Å². The monoisotopic (exact) mass is 253 g/mol. The first kappa shape index (κ1) is 11.6. The van der Waals surface area contributed by atoms with Crippen LogP contribution in [0, 0.1) is 0 Å². The highest BCUT2D eigenvalue weighted by molar-refractivity contribution is 7.10. The molecule has 0 saturated carbocycles. The van der Waals surface area contributed by atoms with E-state index < -0.39 is 0 Å². The Kier molecular flexibility index (Phi) is 3.98.